The standard InChI is InChI=1S/C14H27NO3/c1-14(2,3)18-10-13(16-4)7-15-11-5-6-12(15)9-17-8-11/h11-13H,5-10H2,1-4H3/t11?,12?,13-/m0/s1. The van der Waals surface area contributed by atoms with E-state index in [0.29, 0.717) is 18.7 Å². The van der Waals surface area contributed by atoms with Crippen LogP contribution < -0.4 is 0 Å². The van der Waals surface area contributed by atoms with E-state index in [4.69, 9.17) is 14.2 Å². The van der Waals surface area contributed by atoms with Crippen LogP contribution in [0, 0.1) is 0 Å². The molecule has 2 heterocycles. The van der Waals surface area contributed by atoms with Crippen molar-refractivity contribution in [1.82, 2.24) is 4.90 Å². The average Bonchev–Trinajstić information content (AvgIpc) is 2.53. The van der Waals surface area contributed by atoms with Crippen LogP contribution in [0.15, 0.2) is 0 Å². The lowest BCUT2D eigenvalue weighted by Crippen LogP contribution is -2.50. The van der Waals surface area contributed by atoms with Crippen LogP contribution in [0.25, 0.3) is 0 Å². The summed E-state index contributed by atoms with van der Waals surface area (Å²) >= 11 is 0. The summed E-state index contributed by atoms with van der Waals surface area (Å²) in [6, 6.07) is 1.19. The maximum Gasteiger partial charge on any atom is 0.0931 e. The minimum atomic E-state index is -0.0965. The van der Waals surface area contributed by atoms with Gasteiger partial charge in [-0.3, -0.25) is 4.90 Å². The summed E-state index contributed by atoms with van der Waals surface area (Å²) in [7, 11) is 1.78. The molecule has 4 nitrogen and oxygen atoms in total. The number of nitrogens with zero attached hydrogens (tertiary/aromatic N) is 1. The summed E-state index contributed by atoms with van der Waals surface area (Å²) in [5, 5.41) is 0. The zero-order chi connectivity index (χ0) is 13.2. The zero-order valence-corrected chi connectivity index (χ0v) is 12.1. The SMILES string of the molecule is CO[C@H](COC(C)(C)C)CN1C2CCC1COC2. The number of ether oxygens (including phenoxy) is 3. The third kappa shape index (κ3) is 3.67. The molecule has 0 N–H and O–H groups in total. The molecule has 4 heteroatoms. The molecule has 2 aliphatic rings. The molecule has 3 atom stereocenters. The maximum absolute atomic E-state index is 5.83. The van der Waals surface area contributed by atoms with Gasteiger partial charge < -0.3 is 14.2 Å². The number of morpholine rings is 1. The van der Waals surface area contributed by atoms with E-state index in [2.05, 4.69) is 25.7 Å². The number of rotatable bonds is 5. The second kappa shape index (κ2) is 5.87. The molecule has 2 saturated heterocycles. The third-order valence-electron chi connectivity index (χ3n) is 3.84. The Morgan fingerprint density at radius 1 is 1.22 bits per heavy atom. The van der Waals surface area contributed by atoms with Gasteiger partial charge in [-0.2, -0.15) is 0 Å². The van der Waals surface area contributed by atoms with Crippen LogP contribution >= 0.6 is 0 Å². The van der Waals surface area contributed by atoms with Crippen LogP contribution in [0.3, 0.4) is 0 Å². The van der Waals surface area contributed by atoms with Crippen LogP contribution in [-0.4, -0.2) is 62.2 Å². The van der Waals surface area contributed by atoms with Crippen molar-refractivity contribution in [2.45, 2.75) is 57.4 Å². The highest BCUT2D eigenvalue weighted by molar-refractivity contribution is 4.91. The van der Waals surface area contributed by atoms with Crippen molar-refractivity contribution in [3.8, 4) is 0 Å². The minimum absolute atomic E-state index is 0.0965. The highest BCUT2D eigenvalue weighted by Crippen LogP contribution is 2.29. The van der Waals surface area contributed by atoms with Crippen molar-refractivity contribution in [2.75, 3.05) is 33.5 Å². The van der Waals surface area contributed by atoms with Crippen LogP contribution in [0.5, 0.6) is 0 Å². The monoisotopic (exact) mass is 257 g/mol. The molecule has 2 unspecified atom stereocenters. The van der Waals surface area contributed by atoms with Crippen LogP contribution in [0.4, 0.5) is 0 Å². The van der Waals surface area contributed by atoms with E-state index in [9.17, 15) is 0 Å². The van der Waals surface area contributed by atoms with Gasteiger partial charge in [-0.15, -0.1) is 0 Å². The van der Waals surface area contributed by atoms with Gasteiger partial charge in [0.2, 0.25) is 0 Å². The van der Waals surface area contributed by atoms with E-state index >= 15 is 0 Å². The third-order valence-corrected chi connectivity index (χ3v) is 3.84. The molecule has 0 aromatic heterocycles. The van der Waals surface area contributed by atoms with Gasteiger partial charge in [-0.1, -0.05) is 0 Å². The fraction of sp³-hybridized carbons (Fsp3) is 1.00. The van der Waals surface area contributed by atoms with Crippen molar-refractivity contribution in [2.24, 2.45) is 0 Å². The van der Waals surface area contributed by atoms with E-state index < -0.39 is 0 Å². The Morgan fingerprint density at radius 2 is 1.83 bits per heavy atom. The summed E-state index contributed by atoms with van der Waals surface area (Å²) in [4.78, 5) is 2.56. The molecule has 0 amide bonds. The molecule has 18 heavy (non-hydrogen) atoms. The molecule has 2 fully saturated rings. The molecule has 0 spiro atoms. The predicted molar refractivity (Wildman–Crippen MR) is 70.8 cm³/mol. The second-order valence-electron chi connectivity index (χ2n) is 6.40. The Kier molecular flexibility index (Phi) is 4.64. The quantitative estimate of drug-likeness (QED) is 0.750. The first-order valence-electron chi connectivity index (χ1n) is 7.00. The maximum atomic E-state index is 5.83. The van der Waals surface area contributed by atoms with Gasteiger partial charge >= 0.3 is 0 Å². The van der Waals surface area contributed by atoms with E-state index in [1.165, 1.54) is 12.8 Å². The summed E-state index contributed by atoms with van der Waals surface area (Å²) in [6.07, 6.45) is 2.69. The summed E-state index contributed by atoms with van der Waals surface area (Å²) in [5.74, 6) is 0. The molecule has 0 aliphatic carbocycles. The topological polar surface area (TPSA) is 30.9 Å². The molecular weight excluding hydrogens is 230 g/mol. The molecule has 106 valence electrons. The molecule has 2 aliphatic heterocycles. The Hall–Kier alpha value is -0.160. The Labute approximate surface area is 111 Å². The van der Waals surface area contributed by atoms with E-state index in [1.807, 2.05) is 0 Å². The first-order chi connectivity index (χ1) is 8.49. The van der Waals surface area contributed by atoms with Crippen LogP contribution in [0.2, 0.25) is 0 Å². The van der Waals surface area contributed by atoms with Gasteiger partial charge in [0, 0.05) is 25.7 Å². The van der Waals surface area contributed by atoms with Crippen LogP contribution in [0.1, 0.15) is 33.6 Å². The lowest BCUT2D eigenvalue weighted by molar-refractivity contribution is -0.0873. The molecule has 0 radical (unpaired) electrons. The van der Waals surface area contributed by atoms with Gasteiger partial charge in [0.05, 0.1) is 31.5 Å². The molecular formula is C14H27NO3. The fourth-order valence-corrected chi connectivity index (χ4v) is 2.78. The second-order valence-corrected chi connectivity index (χ2v) is 6.40. The van der Waals surface area contributed by atoms with E-state index in [-0.39, 0.29) is 11.7 Å². The van der Waals surface area contributed by atoms with Gasteiger partial charge in [-0.05, 0) is 33.6 Å². The van der Waals surface area contributed by atoms with E-state index in [1.54, 1.807) is 7.11 Å². The molecule has 0 saturated carbocycles. The van der Waals surface area contributed by atoms with Gasteiger partial charge in [0.25, 0.3) is 0 Å². The van der Waals surface area contributed by atoms with Gasteiger partial charge in [0.15, 0.2) is 0 Å². The molecule has 0 aromatic rings. The van der Waals surface area contributed by atoms with Gasteiger partial charge in [0.1, 0.15) is 0 Å². The number of hydrogen-bond donors (Lipinski definition) is 0. The van der Waals surface area contributed by atoms with Crippen molar-refractivity contribution in [3.63, 3.8) is 0 Å². The van der Waals surface area contributed by atoms with Crippen molar-refractivity contribution in [3.05, 3.63) is 0 Å². The predicted octanol–water partition coefficient (Wildman–Crippen LogP) is 1.68. The highest BCUT2D eigenvalue weighted by Gasteiger charge is 2.38. The highest BCUT2D eigenvalue weighted by atomic mass is 16.5. The lowest BCUT2D eigenvalue weighted by Gasteiger charge is -2.37. The largest absolute Gasteiger partial charge is 0.378 e. The Morgan fingerprint density at radius 3 is 2.33 bits per heavy atom. The summed E-state index contributed by atoms with van der Waals surface area (Å²) < 4.78 is 17.0. The Balaban J connectivity index is 1.83. The van der Waals surface area contributed by atoms with E-state index in [0.717, 1.165) is 19.8 Å². The summed E-state index contributed by atoms with van der Waals surface area (Å²) in [6.45, 7) is 9.64. The lowest BCUT2D eigenvalue weighted by atomic mass is 10.2. The van der Waals surface area contributed by atoms with Crippen molar-refractivity contribution < 1.29 is 14.2 Å². The fourth-order valence-electron chi connectivity index (χ4n) is 2.78. The zero-order valence-electron chi connectivity index (χ0n) is 12.1. The minimum Gasteiger partial charge on any atom is -0.378 e. The number of hydrogen-bond acceptors (Lipinski definition) is 4. The van der Waals surface area contributed by atoms with Crippen molar-refractivity contribution in [1.29, 1.82) is 0 Å². The number of methoxy groups -OCH3 is 1. The first kappa shape index (κ1) is 14.3. The molecule has 2 bridgehead atoms. The Bertz CT molecular complexity index is 248. The smallest absolute Gasteiger partial charge is 0.0931 e. The van der Waals surface area contributed by atoms with Gasteiger partial charge in [-0.25, -0.2) is 0 Å². The molecule has 0 aromatic carbocycles. The molecule has 2 rings (SSSR count). The average molecular weight is 257 g/mol. The van der Waals surface area contributed by atoms with Crippen molar-refractivity contribution >= 4 is 0 Å². The van der Waals surface area contributed by atoms with Crippen LogP contribution in [-0.2, 0) is 14.2 Å². The normalized spacial score (nSPS) is 30.7. The summed E-state index contributed by atoms with van der Waals surface area (Å²) in [5.41, 5.74) is -0.0965. The first-order valence-corrected chi connectivity index (χ1v) is 7.00. The number of fused-ring (bicyclic) bond motifs is 2.